The van der Waals surface area contributed by atoms with Crippen LogP contribution in [0.15, 0.2) is 70.5 Å². The third kappa shape index (κ3) is 6.84. The minimum absolute atomic E-state index is 0. The molecule has 0 unspecified atom stereocenters. The summed E-state index contributed by atoms with van der Waals surface area (Å²) in [5.74, 6) is 0.0511. The minimum Gasteiger partial charge on any atom is -0.497 e. The number of benzene rings is 2. The Morgan fingerprint density at radius 2 is 1.71 bits per heavy atom. The first kappa shape index (κ1) is 27.4. The number of methoxy groups -OCH3 is 1. The van der Waals surface area contributed by atoms with Crippen LogP contribution < -0.4 is 26.2 Å². The van der Waals surface area contributed by atoms with Gasteiger partial charge in [0.15, 0.2) is 0 Å². The van der Waals surface area contributed by atoms with Crippen molar-refractivity contribution in [3.05, 3.63) is 93.4 Å². The van der Waals surface area contributed by atoms with Crippen LogP contribution in [0, 0.1) is 12.3 Å². The molecule has 3 aromatic rings. The van der Waals surface area contributed by atoms with Crippen LogP contribution >= 0.6 is 12.4 Å². The van der Waals surface area contributed by atoms with E-state index in [0.29, 0.717) is 16.9 Å². The lowest BCUT2D eigenvalue weighted by Crippen LogP contribution is -2.36. The number of ether oxygens (including phenoxy) is 1. The fourth-order valence-corrected chi connectivity index (χ4v) is 4.12. The zero-order valence-corrected chi connectivity index (χ0v) is 20.7. The second kappa shape index (κ2) is 11.5. The largest absolute Gasteiger partial charge is 0.497 e. The quantitative estimate of drug-likeness (QED) is 0.249. The molecule has 0 radical (unpaired) electrons. The maximum atomic E-state index is 12.9. The molecule has 1 aromatic heterocycles. The highest BCUT2D eigenvalue weighted by atomic mass is 35.5. The number of sulfonamides is 1. The van der Waals surface area contributed by atoms with Gasteiger partial charge in [0.1, 0.15) is 11.6 Å². The zero-order valence-electron chi connectivity index (χ0n) is 19.1. The number of nitrogens with zero attached hydrogens (tertiary/aromatic N) is 1. The summed E-state index contributed by atoms with van der Waals surface area (Å²) in [5, 5.41) is 10.1. The van der Waals surface area contributed by atoms with Gasteiger partial charge in [-0.3, -0.25) is 15.0 Å². The van der Waals surface area contributed by atoms with Gasteiger partial charge in [0, 0.05) is 23.9 Å². The Balaban J connectivity index is 0.00000432. The number of carbonyl (C=O) groups excluding carboxylic acids is 1. The molecular formula is C23H26ClN5O5S. The molecule has 0 aliphatic rings. The Bertz CT molecular complexity index is 1370. The first-order chi connectivity index (χ1) is 16.1. The third-order valence-corrected chi connectivity index (χ3v) is 6.44. The van der Waals surface area contributed by atoms with Crippen molar-refractivity contribution in [2.75, 3.05) is 11.9 Å². The highest BCUT2D eigenvalue weighted by molar-refractivity contribution is 7.92. The topological polar surface area (TPSA) is 156 Å². The van der Waals surface area contributed by atoms with Crippen molar-refractivity contribution in [3.63, 3.8) is 0 Å². The Labute approximate surface area is 209 Å². The van der Waals surface area contributed by atoms with Crippen LogP contribution in [0.5, 0.6) is 5.75 Å². The number of nitrogen functional groups attached to an aromatic ring is 1. The van der Waals surface area contributed by atoms with Gasteiger partial charge in [0.25, 0.3) is 15.6 Å². The Hall–Kier alpha value is -3.83. The number of hydrogen-bond acceptors (Lipinski definition) is 6. The minimum atomic E-state index is -4.04. The van der Waals surface area contributed by atoms with E-state index >= 15 is 0 Å². The summed E-state index contributed by atoms with van der Waals surface area (Å²) >= 11 is 0. The molecule has 12 heteroatoms. The predicted molar refractivity (Wildman–Crippen MR) is 135 cm³/mol. The van der Waals surface area contributed by atoms with Gasteiger partial charge in [0.05, 0.1) is 18.4 Å². The number of carbonyl (C=O) groups is 1. The van der Waals surface area contributed by atoms with Crippen molar-refractivity contribution in [3.8, 4) is 5.75 Å². The molecule has 0 bridgehead atoms. The van der Waals surface area contributed by atoms with Gasteiger partial charge in [-0.1, -0.05) is 24.3 Å². The van der Waals surface area contributed by atoms with Gasteiger partial charge >= 0.3 is 0 Å². The van der Waals surface area contributed by atoms with E-state index < -0.39 is 21.5 Å². The van der Waals surface area contributed by atoms with E-state index in [1.54, 1.807) is 37.3 Å². The van der Waals surface area contributed by atoms with Crippen LogP contribution in [0.2, 0.25) is 0 Å². The van der Waals surface area contributed by atoms with Gasteiger partial charge in [0.2, 0.25) is 5.91 Å². The number of amides is 1. The smallest absolute Gasteiger partial charge is 0.275 e. The molecule has 0 fully saturated rings. The Kier molecular flexibility index (Phi) is 9.04. The normalized spacial score (nSPS) is 10.7. The Morgan fingerprint density at radius 3 is 2.29 bits per heavy atom. The van der Waals surface area contributed by atoms with Gasteiger partial charge in [-0.05, 0) is 48.4 Å². The summed E-state index contributed by atoms with van der Waals surface area (Å²) in [6.07, 6.45) is 1.08. The molecule has 2 aromatic carbocycles. The van der Waals surface area contributed by atoms with Crippen molar-refractivity contribution >= 4 is 34.2 Å². The fraction of sp³-hybridized carbons (Fsp3) is 0.174. The van der Waals surface area contributed by atoms with Crippen LogP contribution in [0.3, 0.4) is 0 Å². The van der Waals surface area contributed by atoms with Crippen LogP contribution in [-0.2, 0) is 27.8 Å². The predicted octanol–water partition coefficient (Wildman–Crippen LogP) is 1.66. The number of amidine groups is 1. The van der Waals surface area contributed by atoms with Gasteiger partial charge in [-0.15, -0.1) is 12.4 Å². The molecule has 186 valence electrons. The van der Waals surface area contributed by atoms with E-state index in [2.05, 4.69) is 10.1 Å². The monoisotopic (exact) mass is 519 g/mol. The second-order valence-corrected chi connectivity index (χ2v) is 9.15. The molecule has 1 heterocycles. The lowest BCUT2D eigenvalue weighted by molar-refractivity contribution is -0.120. The van der Waals surface area contributed by atoms with E-state index in [9.17, 15) is 18.0 Å². The highest BCUT2D eigenvalue weighted by Crippen LogP contribution is 2.16. The molecule has 0 atom stereocenters. The SMILES string of the molecule is COc1ccc(S(=O)(=O)Nn2ccc(C)c(CC(=O)NCc3ccc(C(=N)N)cc3)c2=O)cc1.Cl. The van der Waals surface area contributed by atoms with Crippen LogP contribution in [0.4, 0.5) is 0 Å². The average molecular weight is 520 g/mol. The van der Waals surface area contributed by atoms with Crippen LogP contribution in [0.25, 0.3) is 0 Å². The standard InChI is InChI=1S/C23H25N5O5S.ClH/c1-15-11-12-28(27-34(31,32)19-9-7-18(33-2)8-10-19)23(30)20(15)13-21(29)26-14-16-3-5-17(6-4-16)22(24)25;/h3-12,27H,13-14H2,1-2H3,(H3,24,25)(H,26,29);1H. The summed E-state index contributed by atoms with van der Waals surface area (Å²) in [5.41, 5.74) is 6.90. The van der Waals surface area contributed by atoms with E-state index in [4.69, 9.17) is 15.9 Å². The molecule has 5 N–H and O–H groups in total. The number of pyridine rings is 1. The number of aromatic nitrogens is 1. The number of halogens is 1. The fourth-order valence-electron chi connectivity index (χ4n) is 3.12. The van der Waals surface area contributed by atoms with E-state index in [0.717, 1.165) is 10.2 Å². The summed E-state index contributed by atoms with van der Waals surface area (Å²) in [6, 6.07) is 14.1. The Morgan fingerprint density at radius 1 is 1.09 bits per heavy atom. The summed E-state index contributed by atoms with van der Waals surface area (Å²) in [7, 11) is -2.57. The van der Waals surface area contributed by atoms with E-state index in [1.807, 2.05) is 0 Å². The third-order valence-electron chi connectivity index (χ3n) is 5.11. The number of nitrogens with two attached hydrogens (primary N) is 1. The molecule has 1 amide bonds. The van der Waals surface area contributed by atoms with Crippen molar-refractivity contribution in [1.82, 2.24) is 9.99 Å². The van der Waals surface area contributed by atoms with Crippen LogP contribution in [0.1, 0.15) is 22.3 Å². The van der Waals surface area contributed by atoms with Crippen molar-refractivity contribution in [2.24, 2.45) is 5.73 Å². The molecule has 10 nitrogen and oxygen atoms in total. The summed E-state index contributed by atoms with van der Waals surface area (Å²) < 4.78 is 31.2. The molecule has 0 saturated carbocycles. The van der Waals surface area contributed by atoms with Crippen LogP contribution in [-0.4, -0.2) is 31.9 Å². The van der Waals surface area contributed by atoms with Gasteiger partial charge in [-0.2, -0.15) is 8.42 Å². The van der Waals surface area contributed by atoms with E-state index in [1.165, 1.54) is 37.6 Å². The number of rotatable bonds is 9. The van der Waals surface area contributed by atoms with Gasteiger partial charge < -0.3 is 15.8 Å². The molecule has 0 spiro atoms. The molecule has 0 aliphatic heterocycles. The lowest BCUT2D eigenvalue weighted by Gasteiger charge is -2.14. The van der Waals surface area contributed by atoms with E-state index in [-0.39, 0.29) is 41.7 Å². The molecule has 0 aliphatic carbocycles. The number of aryl methyl sites for hydroxylation is 1. The first-order valence-corrected chi connectivity index (χ1v) is 11.7. The molecular weight excluding hydrogens is 494 g/mol. The summed E-state index contributed by atoms with van der Waals surface area (Å²) in [4.78, 5) is 27.6. The second-order valence-electron chi connectivity index (χ2n) is 7.49. The van der Waals surface area contributed by atoms with Crippen molar-refractivity contribution in [2.45, 2.75) is 24.8 Å². The molecule has 0 saturated heterocycles. The highest BCUT2D eigenvalue weighted by Gasteiger charge is 2.18. The first-order valence-electron chi connectivity index (χ1n) is 10.2. The number of nitrogens with one attached hydrogen (secondary N) is 3. The zero-order chi connectivity index (χ0) is 24.9. The number of hydrogen-bond donors (Lipinski definition) is 4. The molecule has 35 heavy (non-hydrogen) atoms. The van der Waals surface area contributed by atoms with Gasteiger partial charge in [-0.25, -0.2) is 9.51 Å². The average Bonchev–Trinajstić information content (AvgIpc) is 2.82. The molecule has 3 rings (SSSR count). The lowest BCUT2D eigenvalue weighted by atomic mass is 10.1. The van der Waals surface area contributed by atoms with Crippen molar-refractivity contribution in [1.29, 1.82) is 5.41 Å². The van der Waals surface area contributed by atoms with Crippen molar-refractivity contribution < 1.29 is 17.9 Å². The maximum Gasteiger partial charge on any atom is 0.275 e. The summed E-state index contributed by atoms with van der Waals surface area (Å²) in [6.45, 7) is 1.90. The maximum absolute atomic E-state index is 12.9.